The summed E-state index contributed by atoms with van der Waals surface area (Å²) in [6.45, 7) is 0. The minimum atomic E-state index is 0.0745. The smallest absolute Gasteiger partial charge is 0.146 e. The van der Waals surface area contributed by atoms with Crippen molar-refractivity contribution in [2.45, 2.75) is 5.92 Å². The highest BCUT2D eigenvalue weighted by molar-refractivity contribution is 5.41. The molecule has 3 aromatic rings. The highest BCUT2D eigenvalue weighted by Crippen LogP contribution is 2.30. The number of benzene rings is 2. The number of hydrogen-bond donors (Lipinski definition) is 1. The zero-order valence-electron chi connectivity index (χ0n) is 11.0. The lowest BCUT2D eigenvalue weighted by atomic mass is 9.88. The summed E-state index contributed by atoms with van der Waals surface area (Å²) in [5, 5.41) is 8.24. The van der Waals surface area contributed by atoms with E-state index >= 15 is 0 Å². The number of anilines is 1. The van der Waals surface area contributed by atoms with Crippen molar-refractivity contribution in [1.29, 1.82) is 0 Å². The summed E-state index contributed by atoms with van der Waals surface area (Å²) in [5.74, 6) is 0.513. The van der Waals surface area contributed by atoms with Crippen LogP contribution in [0.2, 0.25) is 0 Å². The number of rotatable bonds is 3. The fourth-order valence-electron chi connectivity index (χ4n) is 2.33. The Kier molecular flexibility index (Phi) is 3.42. The number of nitrogen functional groups attached to an aromatic ring is 1. The zero-order chi connectivity index (χ0) is 13.8. The molecular formula is C17H15N3. The molecule has 3 nitrogen and oxygen atoms in total. The van der Waals surface area contributed by atoms with E-state index in [1.54, 1.807) is 6.07 Å². The van der Waals surface area contributed by atoms with E-state index in [4.69, 9.17) is 5.73 Å². The second kappa shape index (κ2) is 5.53. The van der Waals surface area contributed by atoms with Crippen molar-refractivity contribution in [1.82, 2.24) is 10.2 Å². The molecule has 0 spiro atoms. The van der Waals surface area contributed by atoms with Gasteiger partial charge in [0.05, 0.1) is 11.6 Å². The summed E-state index contributed by atoms with van der Waals surface area (Å²) >= 11 is 0. The highest BCUT2D eigenvalue weighted by Gasteiger charge is 2.17. The van der Waals surface area contributed by atoms with Gasteiger partial charge < -0.3 is 5.73 Å². The van der Waals surface area contributed by atoms with Crippen molar-refractivity contribution < 1.29 is 0 Å². The first-order valence-electron chi connectivity index (χ1n) is 6.53. The maximum absolute atomic E-state index is 5.63. The molecule has 0 unspecified atom stereocenters. The van der Waals surface area contributed by atoms with E-state index in [9.17, 15) is 0 Å². The predicted molar refractivity (Wildman–Crippen MR) is 80.3 cm³/mol. The van der Waals surface area contributed by atoms with Crippen LogP contribution in [0.4, 0.5) is 5.82 Å². The van der Waals surface area contributed by atoms with E-state index in [-0.39, 0.29) is 5.92 Å². The van der Waals surface area contributed by atoms with Gasteiger partial charge >= 0.3 is 0 Å². The fraction of sp³-hybridized carbons (Fsp3) is 0.0588. The Labute approximate surface area is 118 Å². The summed E-state index contributed by atoms with van der Waals surface area (Å²) < 4.78 is 0. The second-order valence-electron chi connectivity index (χ2n) is 4.64. The lowest BCUT2D eigenvalue weighted by molar-refractivity contribution is 0.860. The molecule has 0 fully saturated rings. The summed E-state index contributed by atoms with van der Waals surface area (Å²) in [6, 6.07) is 24.3. The molecule has 0 aliphatic heterocycles. The van der Waals surface area contributed by atoms with Crippen molar-refractivity contribution in [2.24, 2.45) is 0 Å². The van der Waals surface area contributed by atoms with Crippen LogP contribution in [0.15, 0.2) is 72.8 Å². The van der Waals surface area contributed by atoms with Gasteiger partial charge in [-0.2, -0.15) is 5.10 Å². The van der Waals surface area contributed by atoms with Crippen LogP contribution in [0.1, 0.15) is 22.7 Å². The van der Waals surface area contributed by atoms with Crippen molar-refractivity contribution in [3.63, 3.8) is 0 Å². The third-order valence-corrected chi connectivity index (χ3v) is 3.27. The number of hydrogen-bond acceptors (Lipinski definition) is 3. The minimum absolute atomic E-state index is 0.0745. The summed E-state index contributed by atoms with van der Waals surface area (Å²) in [4.78, 5) is 0. The first kappa shape index (κ1) is 12.4. The van der Waals surface area contributed by atoms with Crippen LogP contribution in [-0.4, -0.2) is 10.2 Å². The molecule has 0 radical (unpaired) electrons. The maximum atomic E-state index is 5.63. The zero-order valence-corrected chi connectivity index (χ0v) is 11.0. The molecule has 3 heteroatoms. The first-order valence-corrected chi connectivity index (χ1v) is 6.53. The molecule has 20 heavy (non-hydrogen) atoms. The first-order chi connectivity index (χ1) is 9.84. The van der Waals surface area contributed by atoms with E-state index in [2.05, 4.69) is 34.5 Å². The van der Waals surface area contributed by atoms with E-state index in [0.29, 0.717) is 5.82 Å². The molecule has 98 valence electrons. The number of nitrogens with zero attached hydrogens (tertiary/aromatic N) is 2. The standard InChI is InChI=1S/C17H15N3/c18-16-12-11-15(19-20-16)17(13-7-3-1-4-8-13)14-9-5-2-6-10-14/h1-12,17H,(H2,18,20). The normalized spacial score (nSPS) is 10.7. The van der Waals surface area contributed by atoms with E-state index in [0.717, 1.165) is 5.69 Å². The Balaban J connectivity index is 2.11. The third-order valence-electron chi connectivity index (χ3n) is 3.27. The monoisotopic (exact) mass is 261 g/mol. The molecule has 2 aromatic carbocycles. The molecule has 0 saturated heterocycles. The van der Waals surface area contributed by atoms with E-state index in [1.807, 2.05) is 42.5 Å². The van der Waals surface area contributed by atoms with Gasteiger partial charge in [0.25, 0.3) is 0 Å². The second-order valence-corrected chi connectivity index (χ2v) is 4.64. The van der Waals surface area contributed by atoms with E-state index in [1.165, 1.54) is 11.1 Å². The number of aromatic nitrogens is 2. The van der Waals surface area contributed by atoms with E-state index < -0.39 is 0 Å². The van der Waals surface area contributed by atoms with Gasteiger partial charge in [-0.05, 0) is 23.3 Å². The minimum Gasteiger partial charge on any atom is -0.382 e. The molecule has 0 amide bonds. The predicted octanol–water partition coefficient (Wildman–Crippen LogP) is 3.24. The van der Waals surface area contributed by atoms with Crippen LogP contribution in [-0.2, 0) is 0 Å². The highest BCUT2D eigenvalue weighted by atomic mass is 15.1. The van der Waals surface area contributed by atoms with Crippen molar-refractivity contribution in [2.75, 3.05) is 5.73 Å². The Hall–Kier alpha value is -2.68. The Morgan fingerprint density at radius 3 is 1.65 bits per heavy atom. The average molecular weight is 261 g/mol. The molecule has 3 rings (SSSR count). The van der Waals surface area contributed by atoms with Gasteiger partial charge in [-0.15, -0.1) is 5.10 Å². The Bertz CT molecular complexity index is 624. The van der Waals surface area contributed by atoms with Crippen LogP contribution in [0.5, 0.6) is 0 Å². The molecule has 0 aliphatic rings. The van der Waals surface area contributed by atoms with Crippen LogP contribution in [0.3, 0.4) is 0 Å². The number of nitrogens with two attached hydrogens (primary N) is 1. The summed E-state index contributed by atoms with van der Waals surface area (Å²) in [7, 11) is 0. The summed E-state index contributed by atoms with van der Waals surface area (Å²) in [6.07, 6.45) is 0. The maximum Gasteiger partial charge on any atom is 0.146 e. The van der Waals surface area contributed by atoms with Gasteiger partial charge in [0, 0.05) is 0 Å². The Morgan fingerprint density at radius 1 is 0.650 bits per heavy atom. The molecule has 0 atom stereocenters. The van der Waals surface area contributed by atoms with Gasteiger partial charge in [0.15, 0.2) is 0 Å². The lowest BCUT2D eigenvalue weighted by Gasteiger charge is -2.17. The van der Waals surface area contributed by atoms with Crippen LogP contribution < -0.4 is 5.73 Å². The molecule has 0 saturated carbocycles. The fourth-order valence-corrected chi connectivity index (χ4v) is 2.33. The van der Waals surface area contributed by atoms with Gasteiger partial charge in [0.2, 0.25) is 0 Å². The van der Waals surface area contributed by atoms with Gasteiger partial charge in [-0.3, -0.25) is 0 Å². The molecule has 0 aliphatic carbocycles. The van der Waals surface area contributed by atoms with Crippen molar-refractivity contribution >= 4 is 5.82 Å². The SMILES string of the molecule is Nc1ccc(C(c2ccccc2)c2ccccc2)nn1. The topological polar surface area (TPSA) is 51.8 Å². The van der Waals surface area contributed by atoms with Gasteiger partial charge in [0.1, 0.15) is 5.82 Å². The largest absolute Gasteiger partial charge is 0.382 e. The lowest BCUT2D eigenvalue weighted by Crippen LogP contribution is -2.07. The van der Waals surface area contributed by atoms with Crippen molar-refractivity contribution in [3.05, 3.63) is 89.6 Å². The third kappa shape index (κ3) is 2.52. The van der Waals surface area contributed by atoms with Crippen LogP contribution in [0, 0.1) is 0 Å². The molecule has 1 aromatic heterocycles. The summed E-state index contributed by atoms with van der Waals surface area (Å²) in [5.41, 5.74) is 8.91. The van der Waals surface area contributed by atoms with Crippen LogP contribution in [0.25, 0.3) is 0 Å². The molecule has 1 heterocycles. The molecular weight excluding hydrogens is 246 g/mol. The molecule has 2 N–H and O–H groups in total. The Morgan fingerprint density at radius 2 is 1.20 bits per heavy atom. The van der Waals surface area contributed by atoms with Gasteiger partial charge in [-0.25, -0.2) is 0 Å². The quantitative estimate of drug-likeness (QED) is 0.787. The average Bonchev–Trinajstić information content (AvgIpc) is 2.52. The molecule has 0 bridgehead atoms. The van der Waals surface area contributed by atoms with Gasteiger partial charge in [-0.1, -0.05) is 60.7 Å². The van der Waals surface area contributed by atoms with Crippen molar-refractivity contribution in [3.8, 4) is 0 Å². The van der Waals surface area contributed by atoms with Crippen LogP contribution >= 0.6 is 0 Å².